The van der Waals surface area contributed by atoms with Crippen LogP contribution in [-0.2, 0) is 0 Å². The van der Waals surface area contributed by atoms with Gasteiger partial charge >= 0.3 is 0 Å². The number of rotatable bonds is 2. The van der Waals surface area contributed by atoms with Gasteiger partial charge in [0.2, 0.25) is 0 Å². The molecule has 2 rings (SSSR count). The Morgan fingerprint density at radius 2 is 2.27 bits per heavy atom. The van der Waals surface area contributed by atoms with Crippen molar-refractivity contribution >= 4 is 17.0 Å². The van der Waals surface area contributed by atoms with E-state index in [0.29, 0.717) is 0 Å². The molecule has 0 saturated carbocycles. The molecule has 0 aliphatic carbocycles. The zero-order valence-electron chi connectivity index (χ0n) is 8.62. The standard InChI is InChI=1S/C13H12N2/c1-2-10(8-14)7-11-9-15-13-6-4-3-5-12(11)13/h3-7,9,15H,2H2,1H3/b10-7+. The molecule has 15 heavy (non-hydrogen) atoms. The van der Waals surface area contributed by atoms with Crippen molar-refractivity contribution in [3.05, 3.63) is 41.6 Å². The first-order valence-corrected chi connectivity index (χ1v) is 5.02. The second-order valence-electron chi connectivity index (χ2n) is 3.42. The molecule has 0 unspecified atom stereocenters. The molecular formula is C13H12N2. The number of hydrogen-bond acceptors (Lipinski definition) is 1. The molecule has 0 fully saturated rings. The van der Waals surface area contributed by atoms with Gasteiger partial charge in [0.1, 0.15) is 0 Å². The average molecular weight is 196 g/mol. The Morgan fingerprint density at radius 1 is 1.47 bits per heavy atom. The Bertz CT molecular complexity index is 541. The van der Waals surface area contributed by atoms with E-state index in [0.717, 1.165) is 23.1 Å². The van der Waals surface area contributed by atoms with Crippen LogP contribution in [0.2, 0.25) is 0 Å². The van der Waals surface area contributed by atoms with E-state index in [9.17, 15) is 0 Å². The first-order valence-electron chi connectivity index (χ1n) is 5.02. The van der Waals surface area contributed by atoms with Crippen LogP contribution in [0.1, 0.15) is 18.9 Å². The molecule has 0 amide bonds. The SMILES string of the molecule is CC/C(C#N)=C\c1c[nH]c2ccccc12. The van der Waals surface area contributed by atoms with Crippen LogP contribution in [0.3, 0.4) is 0 Å². The maximum Gasteiger partial charge on any atom is 0.0947 e. The molecule has 0 aliphatic heterocycles. The van der Waals surface area contributed by atoms with Crippen molar-refractivity contribution in [2.75, 3.05) is 0 Å². The second kappa shape index (κ2) is 4.02. The number of aromatic amines is 1. The largest absolute Gasteiger partial charge is 0.361 e. The smallest absolute Gasteiger partial charge is 0.0947 e. The number of benzene rings is 1. The minimum absolute atomic E-state index is 0.774. The molecule has 74 valence electrons. The van der Waals surface area contributed by atoms with Crippen LogP contribution in [0.4, 0.5) is 0 Å². The first kappa shape index (κ1) is 9.54. The summed E-state index contributed by atoms with van der Waals surface area (Å²) < 4.78 is 0. The van der Waals surface area contributed by atoms with Gasteiger partial charge in [0.05, 0.1) is 6.07 Å². The number of aromatic nitrogens is 1. The van der Waals surface area contributed by atoms with Crippen LogP contribution in [0.5, 0.6) is 0 Å². The van der Waals surface area contributed by atoms with Crippen molar-refractivity contribution in [3.63, 3.8) is 0 Å². The Balaban J connectivity index is 2.54. The Morgan fingerprint density at radius 3 is 3.00 bits per heavy atom. The lowest BCUT2D eigenvalue weighted by molar-refractivity contribution is 1.16. The number of H-pyrrole nitrogens is 1. The summed E-state index contributed by atoms with van der Waals surface area (Å²) in [5, 5.41) is 10.0. The summed E-state index contributed by atoms with van der Waals surface area (Å²) in [5.74, 6) is 0. The third kappa shape index (κ3) is 1.77. The van der Waals surface area contributed by atoms with E-state index in [1.165, 1.54) is 5.39 Å². The second-order valence-corrected chi connectivity index (χ2v) is 3.42. The fourth-order valence-electron chi connectivity index (χ4n) is 1.61. The van der Waals surface area contributed by atoms with Gasteiger partial charge in [-0.15, -0.1) is 0 Å². The van der Waals surface area contributed by atoms with E-state index in [1.54, 1.807) is 0 Å². The van der Waals surface area contributed by atoms with E-state index < -0.39 is 0 Å². The van der Waals surface area contributed by atoms with Gasteiger partial charge in [-0.2, -0.15) is 5.26 Å². The minimum atomic E-state index is 0.774. The van der Waals surface area contributed by atoms with Gasteiger partial charge < -0.3 is 4.98 Å². The number of hydrogen-bond donors (Lipinski definition) is 1. The number of nitrogens with zero attached hydrogens (tertiary/aromatic N) is 1. The van der Waals surface area contributed by atoms with Crippen LogP contribution in [0.25, 0.3) is 17.0 Å². The number of para-hydroxylation sites is 1. The molecule has 0 spiro atoms. The average Bonchev–Trinajstić information content (AvgIpc) is 2.69. The molecule has 2 nitrogen and oxygen atoms in total. The lowest BCUT2D eigenvalue weighted by atomic mass is 10.1. The van der Waals surface area contributed by atoms with Gasteiger partial charge in [-0.05, 0) is 18.6 Å². The van der Waals surface area contributed by atoms with Crippen LogP contribution >= 0.6 is 0 Å². The predicted octanol–water partition coefficient (Wildman–Crippen LogP) is 3.48. The number of allylic oxidation sites excluding steroid dienone is 1. The fraction of sp³-hybridized carbons (Fsp3) is 0.154. The van der Waals surface area contributed by atoms with Crippen LogP contribution in [0, 0.1) is 11.3 Å². The summed E-state index contributed by atoms with van der Waals surface area (Å²) in [5.41, 5.74) is 3.00. The highest BCUT2D eigenvalue weighted by molar-refractivity contribution is 5.89. The number of nitriles is 1. The zero-order chi connectivity index (χ0) is 10.7. The van der Waals surface area contributed by atoms with Crippen LogP contribution < -0.4 is 0 Å². The van der Waals surface area contributed by atoms with Crippen molar-refractivity contribution in [3.8, 4) is 6.07 Å². The van der Waals surface area contributed by atoms with Crippen molar-refractivity contribution in [1.82, 2.24) is 4.98 Å². The monoisotopic (exact) mass is 196 g/mol. The van der Waals surface area contributed by atoms with Gasteiger partial charge in [-0.25, -0.2) is 0 Å². The first-order chi connectivity index (χ1) is 7.35. The van der Waals surface area contributed by atoms with E-state index in [2.05, 4.69) is 17.1 Å². The summed E-state index contributed by atoms with van der Waals surface area (Å²) in [7, 11) is 0. The van der Waals surface area contributed by atoms with Crippen molar-refractivity contribution in [1.29, 1.82) is 5.26 Å². The normalized spacial score (nSPS) is 11.6. The minimum Gasteiger partial charge on any atom is -0.361 e. The topological polar surface area (TPSA) is 39.6 Å². The Hall–Kier alpha value is -2.01. The summed E-state index contributed by atoms with van der Waals surface area (Å²) >= 11 is 0. The lowest BCUT2D eigenvalue weighted by Crippen LogP contribution is -1.75. The highest BCUT2D eigenvalue weighted by atomic mass is 14.7. The van der Waals surface area contributed by atoms with Crippen LogP contribution in [-0.4, -0.2) is 4.98 Å². The van der Waals surface area contributed by atoms with Gasteiger partial charge in [0, 0.05) is 28.2 Å². The fourth-order valence-corrected chi connectivity index (χ4v) is 1.61. The maximum absolute atomic E-state index is 8.87. The third-order valence-corrected chi connectivity index (χ3v) is 2.48. The molecule has 0 saturated heterocycles. The molecule has 2 heteroatoms. The van der Waals surface area contributed by atoms with E-state index in [4.69, 9.17) is 5.26 Å². The van der Waals surface area contributed by atoms with E-state index in [-0.39, 0.29) is 0 Å². The number of nitrogens with one attached hydrogen (secondary N) is 1. The van der Waals surface area contributed by atoms with E-state index >= 15 is 0 Å². The molecule has 1 aromatic carbocycles. The van der Waals surface area contributed by atoms with Gasteiger partial charge in [-0.1, -0.05) is 25.1 Å². The summed E-state index contributed by atoms with van der Waals surface area (Å²) in [4.78, 5) is 3.19. The highest BCUT2D eigenvalue weighted by Crippen LogP contribution is 2.20. The van der Waals surface area contributed by atoms with Gasteiger partial charge in [0.15, 0.2) is 0 Å². The molecule has 1 N–H and O–H groups in total. The molecule has 0 aliphatic rings. The maximum atomic E-state index is 8.87. The van der Waals surface area contributed by atoms with Crippen molar-refractivity contribution in [2.24, 2.45) is 0 Å². The summed E-state index contributed by atoms with van der Waals surface area (Å²) in [6, 6.07) is 10.3. The molecule has 0 atom stereocenters. The molecule has 0 bridgehead atoms. The Kier molecular flexibility index (Phi) is 2.55. The van der Waals surface area contributed by atoms with E-state index in [1.807, 2.05) is 37.4 Å². The molecule has 0 radical (unpaired) electrons. The summed E-state index contributed by atoms with van der Waals surface area (Å²) in [6.07, 6.45) is 4.66. The lowest BCUT2D eigenvalue weighted by Gasteiger charge is -1.93. The van der Waals surface area contributed by atoms with Gasteiger partial charge in [0.25, 0.3) is 0 Å². The Labute approximate surface area is 88.8 Å². The zero-order valence-corrected chi connectivity index (χ0v) is 8.62. The summed E-state index contributed by atoms with van der Waals surface area (Å²) in [6.45, 7) is 1.99. The van der Waals surface area contributed by atoms with Crippen molar-refractivity contribution in [2.45, 2.75) is 13.3 Å². The highest BCUT2D eigenvalue weighted by Gasteiger charge is 2.00. The van der Waals surface area contributed by atoms with Crippen LogP contribution in [0.15, 0.2) is 36.0 Å². The molecular weight excluding hydrogens is 184 g/mol. The quantitative estimate of drug-likeness (QED) is 0.734. The number of fused-ring (bicyclic) bond motifs is 1. The third-order valence-electron chi connectivity index (χ3n) is 2.48. The molecule has 2 aromatic rings. The molecule has 1 heterocycles. The predicted molar refractivity (Wildman–Crippen MR) is 62.2 cm³/mol. The molecule has 1 aromatic heterocycles. The van der Waals surface area contributed by atoms with Gasteiger partial charge in [-0.3, -0.25) is 0 Å². The van der Waals surface area contributed by atoms with Crippen molar-refractivity contribution < 1.29 is 0 Å².